The van der Waals surface area contributed by atoms with Crippen LogP contribution >= 0.6 is 23.5 Å². The van der Waals surface area contributed by atoms with Gasteiger partial charge in [0.15, 0.2) is 0 Å². The predicted molar refractivity (Wildman–Crippen MR) is 195 cm³/mol. The van der Waals surface area contributed by atoms with Gasteiger partial charge in [0.25, 0.3) is 0 Å². The number of hydrogen-bond donors (Lipinski definition) is 3. The fraction of sp³-hybridized carbons (Fsp3) is 0.250. The molecule has 0 unspecified atom stereocenters. The average molecular weight is 707 g/mol. The van der Waals surface area contributed by atoms with Crippen molar-refractivity contribution in [2.45, 2.75) is 29.8 Å². The number of primary amides is 2. The Balaban J connectivity index is 0.000000267. The molecule has 0 aromatic heterocycles. The second-order valence-corrected chi connectivity index (χ2v) is 12.2. The van der Waals surface area contributed by atoms with Crippen LogP contribution in [0.25, 0.3) is 0 Å². The zero-order valence-electron chi connectivity index (χ0n) is 28.6. The number of benzene rings is 4. The lowest BCUT2D eigenvalue weighted by atomic mass is 10.1. The summed E-state index contributed by atoms with van der Waals surface area (Å²) in [6, 6.07) is 21.3. The predicted octanol–water partition coefficient (Wildman–Crippen LogP) is 6.31. The zero-order valence-corrected chi connectivity index (χ0v) is 30.3. The lowest BCUT2D eigenvalue weighted by Gasteiger charge is -2.19. The number of thioether (sulfide) groups is 2. The first-order chi connectivity index (χ1) is 23.4. The topological polar surface area (TPSA) is 155 Å². The Labute approximate surface area is 295 Å². The van der Waals surface area contributed by atoms with Crippen LogP contribution in [0, 0.1) is 0 Å². The molecule has 0 saturated heterocycles. The van der Waals surface area contributed by atoms with Gasteiger partial charge in [-0.2, -0.15) is 0 Å². The lowest BCUT2D eigenvalue weighted by Crippen LogP contribution is -2.23. The van der Waals surface area contributed by atoms with Gasteiger partial charge in [-0.15, -0.1) is 23.5 Å². The van der Waals surface area contributed by atoms with E-state index in [4.69, 9.17) is 30.4 Å². The van der Waals surface area contributed by atoms with Crippen LogP contribution in [0.3, 0.4) is 0 Å². The van der Waals surface area contributed by atoms with E-state index in [1.165, 1.54) is 11.8 Å². The molecule has 3 amide bonds. The number of ether oxygens (including phenoxy) is 4. The molecule has 4 aromatic carbocycles. The summed E-state index contributed by atoms with van der Waals surface area (Å²) in [6.07, 6.45) is 3.96. The Kier molecular flexibility index (Phi) is 14.7. The molecule has 0 saturated carbocycles. The highest BCUT2D eigenvalue weighted by molar-refractivity contribution is 7.99. The van der Waals surface area contributed by atoms with Crippen LogP contribution < -0.4 is 35.7 Å². The van der Waals surface area contributed by atoms with Crippen LogP contribution in [-0.4, -0.2) is 63.4 Å². The summed E-state index contributed by atoms with van der Waals surface area (Å²) in [5.74, 6) is 2.87. The minimum atomic E-state index is -0.533. The zero-order chi connectivity index (χ0) is 36.1. The van der Waals surface area contributed by atoms with Crippen LogP contribution in [0.15, 0.2) is 82.6 Å². The molecular formula is C36H42N4O7S2. The number of methoxy groups -OCH3 is 2. The quantitative estimate of drug-likeness (QED) is 0.127. The van der Waals surface area contributed by atoms with Crippen molar-refractivity contribution in [2.24, 2.45) is 11.5 Å². The molecule has 0 spiro atoms. The van der Waals surface area contributed by atoms with Crippen molar-refractivity contribution in [1.82, 2.24) is 10.2 Å². The SMILES string of the molecule is CNCc1cc(C(N)=O)ccc1Oc1ccc(SC)c(OC)c1.COc1cc(Oc2ccc(C(N)=O)cc2CN(C)C(C)=O)ccc1SC. The summed E-state index contributed by atoms with van der Waals surface area (Å²) in [5.41, 5.74) is 13.1. The van der Waals surface area contributed by atoms with E-state index in [2.05, 4.69) is 5.32 Å². The number of carbonyl (C=O) groups excluding carboxylic acids is 3. The van der Waals surface area contributed by atoms with Gasteiger partial charge in [-0.1, -0.05) is 0 Å². The van der Waals surface area contributed by atoms with Gasteiger partial charge in [0.2, 0.25) is 17.7 Å². The summed E-state index contributed by atoms with van der Waals surface area (Å²) >= 11 is 3.19. The Hall–Kier alpha value is -4.85. The second-order valence-electron chi connectivity index (χ2n) is 10.5. The van der Waals surface area contributed by atoms with E-state index in [9.17, 15) is 14.4 Å². The third kappa shape index (κ3) is 10.8. The molecule has 4 rings (SSSR count). The van der Waals surface area contributed by atoms with E-state index in [0.717, 1.165) is 21.1 Å². The molecule has 0 aliphatic carbocycles. The molecule has 0 radical (unpaired) electrons. The number of rotatable bonds is 14. The van der Waals surface area contributed by atoms with Crippen molar-refractivity contribution in [3.05, 3.63) is 95.1 Å². The number of carbonyl (C=O) groups is 3. The number of nitrogens with zero attached hydrogens (tertiary/aromatic N) is 1. The van der Waals surface area contributed by atoms with Crippen LogP contribution in [0.2, 0.25) is 0 Å². The van der Waals surface area contributed by atoms with Gasteiger partial charge in [-0.25, -0.2) is 0 Å². The Morgan fingerprint density at radius 1 is 0.694 bits per heavy atom. The minimum absolute atomic E-state index is 0.0913. The van der Waals surface area contributed by atoms with Crippen molar-refractivity contribution in [3.8, 4) is 34.5 Å². The van der Waals surface area contributed by atoms with Crippen molar-refractivity contribution in [3.63, 3.8) is 0 Å². The molecule has 0 aliphatic heterocycles. The smallest absolute Gasteiger partial charge is 0.248 e. The maximum atomic E-state index is 11.6. The van der Waals surface area contributed by atoms with E-state index < -0.39 is 11.8 Å². The highest BCUT2D eigenvalue weighted by Crippen LogP contribution is 2.36. The molecule has 11 nitrogen and oxygen atoms in total. The summed E-state index contributed by atoms with van der Waals surface area (Å²) in [7, 11) is 6.75. The maximum absolute atomic E-state index is 11.6. The second kappa shape index (κ2) is 18.6. The monoisotopic (exact) mass is 706 g/mol. The standard InChI is InChI=1S/C19H22N2O4S.C17H20N2O3S/c1-12(22)21(2)11-14-9-13(19(20)23)5-7-16(14)25-15-6-8-18(26-4)17(10-15)24-3;1-19-10-12-8-11(17(18)20)4-6-14(12)22-13-5-7-16(23-3)15(9-13)21-2/h5-10H,11H2,1-4H3,(H2,20,23);4-9,19H,10H2,1-3H3,(H2,18,20). The van der Waals surface area contributed by atoms with Gasteiger partial charge >= 0.3 is 0 Å². The first-order valence-corrected chi connectivity index (χ1v) is 17.4. The largest absolute Gasteiger partial charge is 0.495 e. The van der Waals surface area contributed by atoms with E-state index in [1.54, 1.807) is 87.3 Å². The Morgan fingerprint density at radius 2 is 1.14 bits per heavy atom. The van der Waals surface area contributed by atoms with E-state index in [0.29, 0.717) is 58.5 Å². The van der Waals surface area contributed by atoms with Gasteiger partial charge in [0.05, 0.1) is 14.2 Å². The van der Waals surface area contributed by atoms with Gasteiger partial charge in [0.1, 0.15) is 34.5 Å². The first kappa shape index (κ1) is 38.6. The Morgan fingerprint density at radius 3 is 1.53 bits per heavy atom. The van der Waals surface area contributed by atoms with Crippen molar-refractivity contribution in [1.29, 1.82) is 0 Å². The summed E-state index contributed by atoms with van der Waals surface area (Å²) in [4.78, 5) is 37.9. The fourth-order valence-electron chi connectivity index (χ4n) is 4.50. The van der Waals surface area contributed by atoms with E-state index in [1.807, 2.05) is 49.9 Å². The van der Waals surface area contributed by atoms with E-state index >= 15 is 0 Å². The first-order valence-electron chi connectivity index (χ1n) is 15.0. The molecule has 13 heteroatoms. The third-order valence-corrected chi connectivity index (χ3v) is 8.72. The summed E-state index contributed by atoms with van der Waals surface area (Å²) < 4.78 is 22.7. The highest BCUT2D eigenvalue weighted by Gasteiger charge is 2.15. The van der Waals surface area contributed by atoms with Crippen LogP contribution in [0.1, 0.15) is 38.8 Å². The number of nitrogens with two attached hydrogens (primary N) is 2. The number of amides is 3. The maximum Gasteiger partial charge on any atom is 0.248 e. The normalized spacial score (nSPS) is 10.3. The Bertz CT molecular complexity index is 1780. The van der Waals surface area contributed by atoms with Crippen LogP contribution in [-0.2, 0) is 17.9 Å². The van der Waals surface area contributed by atoms with E-state index in [-0.39, 0.29) is 5.91 Å². The van der Waals surface area contributed by atoms with Gasteiger partial charge in [-0.3, -0.25) is 14.4 Å². The molecule has 4 aromatic rings. The third-order valence-electron chi connectivity index (χ3n) is 7.17. The number of nitrogens with one attached hydrogen (secondary N) is 1. The number of hydrogen-bond acceptors (Lipinski definition) is 10. The molecule has 0 bridgehead atoms. The molecular weight excluding hydrogens is 665 g/mol. The van der Waals surface area contributed by atoms with Crippen LogP contribution in [0.4, 0.5) is 0 Å². The van der Waals surface area contributed by atoms with Gasteiger partial charge in [-0.05, 0) is 80.2 Å². The average Bonchev–Trinajstić information content (AvgIpc) is 3.09. The molecule has 0 aliphatic rings. The molecule has 0 fully saturated rings. The minimum Gasteiger partial charge on any atom is -0.495 e. The highest BCUT2D eigenvalue weighted by atomic mass is 32.2. The van der Waals surface area contributed by atoms with Crippen molar-refractivity contribution < 1.29 is 33.3 Å². The molecule has 0 atom stereocenters. The molecule has 0 heterocycles. The summed E-state index contributed by atoms with van der Waals surface area (Å²) in [5, 5.41) is 3.06. The van der Waals surface area contributed by atoms with Crippen molar-refractivity contribution in [2.75, 3.05) is 40.8 Å². The lowest BCUT2D eigenvalue weighted by molar-refractivity contribution is -0.128. The summed E-state index contributed by atoms with van der Waals surface area (Å²) in [6.45, 7) is 2.34. The molecule has 5 N–H and O–H groups in total. The van der Waals surface area contributed by atoms with Crippen LogP contribution in [0.5, 0.6) is 34.5 Å². The molecule has 260 valence electrons. The molecule has 49 heavy (non-hydrogen) atoms. The fourth-order valence-corrected chi connectivity index (χ4v) is 5.59. The van der Waals surface area contributed by atoms with Gasteiger partial charge < -0.3 is 40.6 Å². The van der Waals surface area contributed by atoms with Gasteiger partial charge in [0, 0.05) is 71.2 Å². The van der Waals surface area contributed by atoms with Crippen molar-refractivity contribution >= 4 is 41.2 Å².